The highest BCUT2D eigenvalue weighted by molar-refractivity contribution is 14.0. The van der Waals surface area contributed by atoms with Crippen LogP contribution < -0.4 is 11.1 Å². The number of hydrogen-bond acceptors (Lipinski definition) is 2. The molecule has 4 nitrogen and oxygen atoms in total. The fourth-order valence-electron chi connectivity index (χ4n) is 2.95. The second kappa shape index (κ2) is 11.7. The van der Waals surface area contributed by atoms with Crippen LogP contribution in [0, 0.1) is 5.92 Å². The Kier molecular flexibility index (Phi) is 10.3. The van der Waals surface area contributed by atoms with E-state index in [9.17, 15) is 0 Å². The highest BCUT2D eigenvalue weighted by atomic mass is 127. The van der Waals surface area contributed by atoms with E-state index in [1.165, 1.54) is 37.1 Å². The Morgan fingerprint density at radius 1 is 1.25 bits per heavy atom. The summed E-state index contributed by atoms with van der Waals surface area (Å²) in [5, 5.41) is 3.18. The zero-order valence-electron chi connectivity index (χ0n) is 15.1. The van der Waals surface area contributed by atoms with E-state index < -0.39 is 0 Å². The first-order valence-corrected chi connectivity index (χ1v) is 9.02. The van der Waals surface area contributed by atoms with Crippen molar-refractivity contribution < 1.29 is 0 Å². The van der Waals surface area contributed by atoms with Crippen LogP contribution in [0.4, 0.5) is 0 Å². The van der Waals surface area contributed by atoms with Crippen molar-refractivity contribution in [1.82, 2.24) is 10.2 Å². The number of piperidine rings is 1. The molecule has 0 atom stereocenters. The van der Waals surface area contributed by atoms with Crippen LogP contribution in [0.3, 0.4) is 0 Å². The summed E-state index contributed by atoms with van der Waals surface area (Å²) >= 11 is 0. The van der Waals surface area contributed by atoms with Gasteiger partial charge < -0.3 is 11.1 Å². The van der Waals surface area contributed by atoms with Crippen LogP contribution >= 0.6 is 24.0 Å². The molecule has 0 spiro atoms. The predicted octanol–water partition coefficient (Wildman–Crippen LogP) is 3.74. The minimum Gasteiger partial charge on any atom is -0.370 e. The molecule has 0 unspecified atom stereocenters. The van der Waals surface area contributed by atoms with E-state index in [1.807, 2.05) is 0 Å². The Hall–Kier alpha value is -0.820. The number of rotatable bonds is 7. The minimum atomic E-state index is 0. The number of nitrogens with one attached hydrogen (secondary N) is 1. The largest absolute Gasteiger partial charge is 0.370 e. The summed E-state index contributed by atoms with van der Waals surface area (Å²) in [4.78, 5) is 7.06. The van der Waals surface area contributed by atoms with Crippen molar-refractivity contribution in [3.05, 3.63) is 35.4 Å². The van der Waals surface area contributed by atoms with Gasteiger partial charge in [-0.1, -0.05) is 44.5 Å². The van der Waals surface area contributed by atoms with E-state index in [0.29, 0.717) is 12.5 Å². The number of benzene rings is 1. The summed E-state index contributed by atoms with van der Waals surface area (Å²) in [7, 11) is 0. The number of hydrogen-bond donors (Lipinski definition) is 2. The van der Waals surface area contributed by atoms with Gasteiger partial charge in [0.1, 0.15) is 0 Å². The van der Waals surface area contributed by atoms with Crippen LogP contribution in [0.15, 0.2) is 29.3 Å². The maximum absolute atomic E-state index is 5.94. The van der Waals surface area contributed by atoms with Crippen LogP contribution in [-0.2, 0) is 13.1 Å². The quantitative estimate of drug-likeness (QED) is 0.292. The van der Waals surface area contributed by atoms with E-state index in [2.05, 4.69) is 53.3 Å². The SMILES string of the molecule is CCCCNC(N)=NCc1ccccc1CN1CCC(C)CC1.I. The van der Waals surface area contributed by atoms with Crippen molar-refractivity contribution in [2.45, 2.75) is 52.6 Å². The average molecular weight is 444 g/mol. The van der Waals surface area contributed by atoms with Crippen molar-refractivity contribution >= 4 is 29.9 Å². The van der Waals surface area contributed by atoms with Gasteiger partial charge in [0.25, 0.3) is 0 Å². The topological polar surface area (TPSA) is 53.6 Å². The number of likely N-dealkylation sites (tertiary alicyclic amines) is 1. The molecule has 1 aromatic carbocycles. The van der Waals surface area contributed by atoms with E-state index >= 15 is 0 Å². The average Bonchev–Trinajstić information content (AvgIpc) is 2.56. The fraction of sp³-hybridized carbons (Fsp3) is 0.632. The molecule has 1 aromatic rings. The van der Waals surface area contributed by atoms with Gasteiger partial charge in [0.05, 0.1) is 6.54 Å². The van der Waals surface area contributed by atoms with E-state index in [0.717, 1.165) is 31.8 Å². The predicted molar refractivity (Wildman–Crippen MR) is 114 cm³/mol. The third kappa shape index (κ3) is 7.38. The van der Waals surface area contributed by atoms with Crippen molar-refractivity contribution in [2.24, 2.45) is 16.6 Å². The Morgan fingerprint density at radius 2 is 1.92 bits per heavy atom. The lowest BCUT2D eigenvalue weighted by Gasteiger charge is -2.30. The lowest BCUT2D eigenvalue weighted by atomic mass is 9.98. The van der Waals surface area contributed by atoms with Crippen molar-refractivity contribution in [1.29, 1.82) is 0 Å². The standard InChI is InChI=1S/C19H32N4.HI/c1-3-4-11-21-19(20)22-14-17-7-5-6-8-18(17)15-23-12-9-16(2)10-13-23;/h5-8,16H,3-4,9-15H2,1-2H3,(H3,20,21,22);1H. The number of unbranched alkanes of at least 4 members (excludes halogenated alkanes) is 1. The van der Waals surface area contributed by atoms with Gasteiger partial charge in [0.15, 0.2) is 5.96 Å². The molecular formula is C19H33IN4. The molecule has 1 aliphatic rings. The first-order valence-electron chi connectivity index (χ1n) is 9.02. The molecule has 1 saturated heterocycles. The molecule has 5 heteroatoms. The molecule has 24 heavy (non-hydrogen) atoms. The Labute approximate surface area is 164 Å². The number of aliphatic imine (C=N–C) groups is 1. The Balaban J connectivity index is 0.00000288. The maximum Gasteiger partial charge on any atom is 0.188 e. The van der Waals surface area contributed by atoms with Crippen LogP contribution in [0.2, 0.25) is 0 Å². The van der Waals surface area contributed by atoms with Gasteiger partial charge in [-0.2, -0.15) is 0 Å². The van der Waals surface area contributed by atoms with E-state index in [1.54, 1.807) is 0 Å². The molecule has 2 rings (SSSR count). The lowest BCUT2D eigenvalue weighted by molar-refractivity contribution is 0.185. The Bertz CT molecular complexity index is 496. The molecule has 1 fully saturated rings. The van der Waals surface area contributed by atoms with Gasteiger partial charge in [0, 0.05) is 13.1 Å². The van der Waals surface area contributed by atoms with Crippen molar-refractivity contribution in [3.63, 3.8) is 0 Å². The van der Waals surface area contributed by atoms with Gasteiger partial charge in [0.2, 0.25) is 0 Å². The van der Waals surface area contributed by atoms with Crippen molar-refractivity contribution in [3.8, 4) is 0 Å². The lowest BCUT2D eigenvalue weighted by Crippen LogP contribution is -2.33. The summed E-state index contributed by atoms with van der Waals surface area (Å²) in [6, 6.07) is 8.61. The van der Waals surface area contributed by atoms with Gasteiger partial charge in [-0.3, -0.25) is 4.90 Å². The van der Waals surface area contributed by atoms with Gasteiger partial charge in [-0.25, -0.2) is 4.99 Å². The second-order valence-corrected chi connectivity index (χ2v) is 6.71. The monoisotopic (exact) mass is 444 g/mol. The zero-order chi connectivity index (χ0) is 16.5. The fourth-order valence-corrected chi connectivity index (χ4v) is 2.95. The highest BCUT2D eigenvalue weighted by Crippen LogP contribution is 2.20. The summed E-state index contributed by atoms with van der Waals surface area (Å²) in [5.41, 5.74) is 8.61. The van der Waals surface area contributed by atoms with Gasteiger partial charge in [-0.15, -0.1) is 24.0 Å². The summed E-state index contributed by atoms with van der Waals surface area (Å²) in [6.45, 7) is 9.53. The summed E-state index contributed by atoms with van der Waals surface area (Å²) < 4.78 is 0. The molecule has 0 aromatic heterocycles. The minimum absolute atomic E-state index is 0. The molecule has 136 valence electrons. The molecule has 1 aliphatic heterocycles. The molecule has 0 saturated carbocycles. The third-order valence-electron chi connectivity index (χ3n) is 4.64. The highest BCUT2D eigenvalue weighted by Gasteiger charge is 2.16. The van der Waals surface area contributed by atoms with Crippen molar-refractivity contribution in [2.75, 3.05) is 19.6 Å². The van der Waals surface area contributed by atoms with Gasteiger partial charge >= 0.3 is 0 Å². The molecule has 0 radical (unpaired) electrons. The van der Waals surface area contributed by atoms with Crippen LogP contribution in [0.5, 0.6) is 0 Å². The van der Waals surface area contributed by atoms with Crippen LogP contribution in [-0.4, -0.2) is 30.5 Å². The summed E-state index contributed by atoms with van der Waals surface area (Å²) in [5.74, 6) is 1.43. The zero-order valence-corrected chi connectivity index (χ0v) is 17.5. The normalized spacial score (nSPS) is 16.7. The number of nitrogens with zero attached hydrogens (tertiary/aromatic N) is 2. The first-order chi connectivity index (χ1) is 11.2. The Morgan fingerprint density at radius 3 is 2.58 bits per heavy atom. The number of nitrogens with two attached hydrogens (primary N) is 1. The van der Waals surface area contributed by atoms with Crippen LogP contribution in [0.25, 0.3) is 0 Å². The van der Waals surface area contributed by atoms with E-state index in [-0.39, 0.29) is 24.0 Å². The molecule has 0 aliphatic carbocycles. The molecule has 1 heterocycles. The molecular weight excluding hydrogens is 411 g/mol. The molecule has 3 N–H and O–H groups in total. The second-order valence-electron chi connectivity index (χ2n) is 6.71. The van der Waals surface area contributed by atoms with Gasteiger partial charge in [-0.05, 0) is 49.4 Å². The molecule has 0 amide bonds. The number of halogens is 1. The molecule has 0 bridgehead atoms. The third-order valence-corrected chi connectivity index (χ3v) is 4.64. The maximum atomic E-state index is 5.94. The van der Waals surface area contributed by atoms with E-state index in [4.69, 9.17) is 5.73 Å². The first kappa shape index (κ1) is 21.2. The number of guanidine groups is 1. The smallest absolute Gasteiger partial charge is 0.188 e. The summed E-state index contributed by atoms with van der Waals surface area (Å²) in [6.07, 6.45) is 4.92. The van der Waals surface area contributed by atoms with Crippen LogP contribution in [0.1, 0.15) is 50.7 Å².